The van der Waals surface area contributed by atoms with Crippen molar-refractivity contribution in [2.45, 2.75) is 70.8 Å². The molecule has 2 unspecified atom stereocenters. The molecule has 21 heavy (non-hydrogen) atoms. The summed E-state index contributed by atoms with van der Waals surface area (Å²) in [6.45, 7) is 5.22. The minimum atomic E-state index is -0.717. The molecule has 2 fully saturated rings. The molecule has 0 aromatic heterocycles. The third kappa shape index (κ3) is 3.98. The van der Waals surface area contributed by atoms with E-state index in [1.807, 2.05) is 0 Å². The number of hydrogen-bond donors (Lipinski definition) is 3. The first-order valence-electron chi connectivity index (χ1n) is 8.60. The second-order valence-electron chi connectivity index (χ2n) is 7.78. The van der Waals surface area contributed by atoms with Gasteiger partial charge < -0.3 is 16.2 Å². The zero-order valence-corrected chi connectivity index (χ0v) is 13.7. The predicted octanol–water partition coefficient (Wildman–Crippen LogP) is 2.20. The van der Waals surface area contributed by atoms with Crippen LogP contribution in [0.5, 0.6) is 0 Å². The first-order valence-corrected chi connectivity index (χ1v) is 8.60. The third-order valence-electron chi connectivity index (χ3n) is 5.75. The van der Waals surface area contributed by atoms with Crippen molar-refractivity contribution in [2.75, 3.05) is 13.1 Å². The molecule has 2 rings (SSSR count). The number of carbonyl (C=O) groups excluding carboxylic acids is 1. The van der Waals surface area contributed by atoms with Crippen molar-refractivity contribution in [3.63, 3.8) is 0 Å². The molecule has 4 N–H and O–H groups in total. The van der Waals surface area contributed by atoms with E-state index in [1.54, 1.807) is 0 Å². The van der Waals surface area contributed by atoms with Crippen molar-refractivity contribution in [2.24, 2.45) is 23.0 Å². The second-order valence-corrected chi connectivity index (χ2v) is 7.78. The van der Waals surface area contributed by atoms with Crippen LogP contribution in [0.2, 0.25) is 0 Å². The molecular weight excluding hydrogens is 264 g/mol. The first kappa shape index (κ1) is 16.8. The molecule has 0 radical (unpaired) electrons. The molecule has 0 aromatic carbocycles. The van der Waals surface area contributed by atoms with Crippen molar-refractivity contribution in [1.29, 1.82) is 0 Å². The van der Waals surface area contributed by atoms with E-state index in [4.69, 9.17) is 5.73 Å². The van der Waals surface area contributed by atoms with Gasteiger partial charge in [-0.05, 0) is 50.4 Å². The van der Waals surface area contributed by atoms with Crippen LogP contribution in [-0.4, -0.2) is 29.7 Å². The normalized spacial score (nSPS) is 40.8. The molecule has 4 nitrogen and oxygen atoms in total. The van der Waals surface area contributed by atoms with E-state index < -0.39 is 11.0 Å². The average molecular weight is 296 g/mol. The van der Waals surface area contributed by atoms with Gasteiger partial charge in [-0.1, -0.05) is 26.7 Å². The standard InChI is InChI=1S/C17H32N2O2/c1-13-5-8-16(11-18,9-6-13)15(20)19-12-17(21)7-3-4-14(2)10-17/h13-14,21H,3-12,18H2,1-2H3,(H,19,20). The van der Waals surface area contributed by atoms with Crippen LogP contribution in [0.4, 0.5) is 0 Å². The maximum atomic E-state index is 12.6. The number of nitrogens with two attached hydrogens (primary N) is 1. The molecule has 0 heterocycles. The molecule has 4 heteroatoms. The molecule has 0 aliphatic heterocycles. The maximum Gasteiger partial charge on any atom is 0.227 e. The molecule has 0 aromatic rings. The molecule has 2 aliphatic rings. The van der Waals surface area contributed by atoms with E-state index >= 15 is 0 Å². The van der Waals surface area contributed by atoms with E-state index in [0.717, 1.165) is 44.9 Å². The fourth-order valence-electron chi connectivity index (χ4n) is 4.06. The minimum Gasteiger partial charge on any atom is -0.388 e. The quantitative estimate of drug-likeness (QED) is 0.744. The summed E-state index contributed by atoms with van der Waals surface area (Å²) >= 11 is 0. The summed E-state index contributed by atoms with van der Waals surface area (Å²) < 4.78 is 0. The van der Waals surface area contributed by atoms with E-state index in [-0.39, 0.29) is 5.91 Å². The van der Waals surface area contributed by atoms with Crippen molar-refractivity contribution in [3.05, 3.63) is 0 Å². The summed E-state index contributed by atoms with van der Waals surface area (Å²) in [5.41, 5.74) is 4.81. The predicted molar refractivity (Wildman–Crippen MR) is 84.7 cm³/mol. The van der Waals surface area contributed by atoms with Gasteiger partial charge in [0.1, 0.15) is 0 Å². The van der Waals surface area contributed by atoms with Crippen molar-refractivity contribution in [3.8, 4) is 0 Å². The fraction of sp³-hybridized carbons (Fsp3) is 0.941. The molecule has 0 spiro atoms. The smallest absolute Gasteiger partial charge is 0.227 e. The van der Waals surface area contributed by atoms with E-state index in [2.05, 4.69) is 19.2 Å². The van der Waals surface area contributed by atoms with Gasteiger partial charge in [-0.3, -0.25) is 4.79 Å². The lowest BCUT2D eigenvalue weighted by atomic mass is 9.70. The number of aliphatic hydroxyl groups is 1. The molecule has 2 atom stereocenters. The molecule has 1 amide bonds. The summed E-state index contributed by atoms with van der Waals surface area (Å²) in [5, 5.41) is 13.7. The maximum absolute atomic E-state index is 12.6. The molecule has 2 aliphatic carbocycles. The summed E-state index contributed by atoms with van der Waals surface area (Å²) in [4.78, 5) is 12.6. The number of nitrogens with one attached hydrogen (secondary N) is 1. The number of hydrogen-bond acceptors (Lipinski definition) is 3. The highest BCUT2D eigenvalue weighted by Gasteiger charge is 2.41. The van der Waals surface area contributed by atoms with Gasteiger partial charge in [0.05, 0.1) is 11.0 Å². The van der Waals surface area contributed by atoms with Gasteiger partial charge in [-0.15, -0.1) is 0 Å². The van der Waals surface area contributed by atoms with Gasteiger partial charge in [0.15, 0.2) is 0 Å². The summed E-state index contributed by atoms with van der Waals surface area (Å²) in [6, 6.07) is 0. The zero-order valence-electron chi connectivity index (χ0n) is 13.7. The Labute approximate surface area is 128 Å². The Morgan fingerprint density at radius 2 is 1.86 bits per heavy atom. The zero-order chi connectivity index (χ0) is 15.5. The van der Waals surface area contributed by atoms with E-state index in [0.29, 0.717) is 24.9 Å². The Morgan fingerprint density at radius 3 is 2.43 bits per heavy atom. The lowest BCUT2D eigenvalue weighted by molar-refractivity contribution is -0.134. The SMILES string of the molecule is CC1CCC(CN)(C(=O)NCC2(O)CCCC(C)C2)CC1. The Bertz CT molecular complexity index is 364. The summed E-state index contributed by atoms with van der Waals surface area (Å²) in [5.74, 6) is 1.30. The highest BCUT2D eigenvalue weighted by atomic mass is 16.3. The molecule has 122 valence electrons. The van der Waals surface area contributed by atoms with E-state index in [9.17, 15) is 9.90 Å². The molecule has 0 saturated heterocycles. The van der Waals surface area contributed by atoms with Crippen LogP contribution in [0.1, 0.15) is 65.2 Å². The third-order valence-corrected chi connectivity index (χ3v) is 5.75. The molecule has 2 saturated carbocycles. The van der Waals surface area contributed by atoms with Crippen LogP contribution in [0, 0.1) is 17.3 Å². The van der Waals surface area contributed by atoms with Crippen LogP contribution in [0.15, 0.2) is 0 Å². The van der Waals surface area contributed by atoms with Gasteiger partial charge >= 0.3 is 0 Å². The topological polar surface area (TPSA) is 75.4 Å². The fourth-order valence-corrected chi connectivity index (χ4v) is 4.06. The molecule has 0 bridgehead atoms. The lowest BCUT2D eigenvalue weighted by Crippen LogP contribution is -2.53. The Kier molecular flexibility index (Phi) is 5.31. The summed E-state index contributed by atoms with van der Waals surface area (Å²) in [6.07, 6.45) is 7.73. The number of carbonyl (C=O) groups is 1. The lowest BCUT2D eigenvalue weighted by Gasteiger charge is -2.39. The van der Waals surface area contributed by atoms with Crippen LogP contribution in [0.25, 0.3) is 0 Å². The van der Waals surface area contributed by atoms with Gasteiger partial charge in [0, 0.05) is 13.1 Å². The Balaban J connectivity index is 1.91. The Morgan fingerprint density at radius 1 is 1.19 bits per heavy atom. The van der Waals surface area contributed by atoms with Crippen LogP contribution < -0.4 is 11.1 Å². The Hall–Kier alpha value is -0.610. The van der Waals surface area contributed by atoms with Crippen LogP contribution >= 0.6 is 0 Å². The van der Waals surface area contributed by atoms with Gasteiger partial charge in [-0.2, -0.15) is 0 Å². The molecular formula is C17H32N2O2. The highest BCUT2D eigenvalue weighted by molar-refractivity contribution is 5.83. The van der Waals surface area contributed by atoms with Gasteiger partial charge in [0.2, 0.25) is 5.91 Å². The average Bonchev–Trinajstić information content (AvgIpc) is 2.46. The minimum absolute atomic E-state index is 0.0588. The summed E-state index contributed by atoms with van der Waals surface area (Å²) in [7, 11) is 0. The van der Waals surface area contributed by atoms with Crippen LogP contribution in [0.3, 0.4) is 0 Å². The first-order chi connectivity index (χ1) is 9.89. The number of rotatable bonds is 4. The van der Waals surface area contributed by atoms with Crippen molar-refractivity contribution in [1.82, 2.24) is 5.32 Å². The highest BCUT2D eigenvalue weighted by Crippen LogP contribution is 2.38. The largest absolute Gasteiger partial charge is 0.388 e. The monoisotopic (exact) mass is 296 g/mol. The van der Waals surface area contributed by atoms with Crippen molar-refractivity contribution >= 4 is 5.91 Å². The van der Waals surface area contributed by atoms with Crippen LogP contribution in [-0.2, 0) is 4.79 Å². The second kappa shape index (κ2) is 6.66. The number of amides is 1. The van der Waals surface area contributed by atoms with Gasteiger partial charge in [0.25, 0.3) is 0 Å². The van der Waals surface area contributed by atoms with Crippen molar-refractivity contribution < 1.29 is 9.90 Å². The van der Waals surface area contributed by atoms with E-state index in [1.165, 1.54) is 6.42 Å². The van der Waals surface area contributed by atoms with Gasteiger partial charge in [-0.25, -0.2) is 0 Å².